The second-order valence-electron chi connectivity index (χ2n) is 5.12. The van der Waals surface area contributed by atoms with Crippen LogP contribution in [0.25, 0.3) is 0 Å². The van der Waals surface area contributed by atoms with Crippen molar-refractivity contribution in [3.8, 4) is 0 Å². The van der Waals surface area contributed by atoms with Crippen LogP contribution in [0, 0.1) is 19.8 Å². The van der Waals surface area contributed by atoms with Gasteiger partial charge in [0.25, 0.3) is 5.91 Å². The summed E-state index contributed by atoms with van der Waals surface area (Å²) < 4.78 is 5.27. The summed E-state index contributed by atoms with van der Waals surface area (Å²) in [5, 5.41) is 2.90. The molecule has 2 rings (SSSR count). The van der Waals surface area contributed by atoms with E-state index in [0.29, 0.717) is 30.3 Å². The van der Waals surface area contributed by atoms with Crippen LogP contribution >= 0.6 is 0 Å². The number of carbonyl (C=O) groups excluding carboxylic acids is 2. The van der Waals surface area contributed by atoms with Crippen LogP contribution in [0.4, 0.5) is 0 Å². The van der Waals surface area contributed by atoms with E-state index in [4.69, 9.17) is 4.74 Å². The number of H-pyrrole nitrogens is 1. The predicted molar refractivity (Wildman–Crippen MR) is 71.5 cm³/mol. The fourth-order valence-corrected chi connectivity index (χ4v) is 2.57. The largest absolute Gasteiger partial charge is 0.381 e. The van der Waals surface area contributed by atoms with E-state index in [1.165, 1.54) is 6.92 Å². The van der Waals surface area contributed by atoms with Crippen LogP contribution in [0.1, 0.15) is 45.4 Å². The zero-order valence-corrected chi connectivity index (χ0v) is 11.6. The summed E-state index contributed by atoms with van der Waals surface area (Å²) in [7, 11) is 0. The lowest BCUT2D eigenvalue weighted by Crippen LogP contribution is -2.30. The second kappa shape index (κ2) is 5.57. The first kappa shape index (κ1) is 13.8. The molecule has 5 heteroatoms. The molecule has 0 aromatic carbocycles. The van der Waals surface area contributed by atoms with E-state index in [2.05, 4.69) is 10.3 Å². The van der Waals surface area contributed by atoms with Crippen LogP contribution < -0.4 is 5.32 Å². The van der Waals surface area contributed by atoms with Gasteiger partial charge in [0.05, 0.1) is 6.61 Å². The Hall–Kier alpha value is -1.62. The SMILES string of the molecule is CC(=O)c1c(C)[nH]c(C(=O)NC[C@H]2CCOC2)c1C. The third kappa shape index (κ3) is 2.87. The lowest BCUT2D eigenvalue weighted by Gasteiger charge is -2.09. The minimum absolute atomic E-state index is 0.0190. The van der Waals surface area contributed by atoms with Crippen molar-refractivity contribution in [1.29, 1.82) is 0 Å². The molecule has 0 bridgehead atoms. The first-order valence-corrected chi connectivity index (χ1v) is 6.56. The van der Waals surface area contributed by atoms with Gasteiger partial charge in [-0.3, -0.25) is 9.59 Å². The fourth-order valence-electron chi connectivity index (χ4n) is 2.57. The summed E-state index contributed by atoms with van der Waals surface area (Å²) in [6.45, 7) is 7.23. The van der Waals surface area contributed by atoms with Gasteiger partial charge in [0, 0.05) is 30.3 Å². The molecule has 2 heterocycles. The van der Waals surface area contributed by atoms with Crippen molar-refractivity contribution in [3.05, 3.63) is 22.5 Å². The molecule has 1 aromatic heterocycles. The maximum Gasteiger partial charge on any atom is 0.268 e. The van der Waals surface area contributed by atoms with E-state index in [9.17, 15) is 9.59 Å². The summed E-state index contributed by atoms with van der Waals surface area (Å²) in [6, 6.07) is 0. The summed E-state index contributed by atoms with van der Waals surface area (Å²) >= 11 is 0. The molecule has 1 aromatic rings. The van der Waals surface area contributed by atoms with Gasteiger partial charge < -0.3 is 15.0 Å². The monoisotopic (exact) mass is 264 g/mol. The lowest BCUT2D eigenvalue weighted by atomic mass is 10.1. The number of rotatable bonds is 4. The van der Waals surface area contributed by atoms with Crippen LogP contribution in [0.5, 0.6) is 0 Å². The van der Waals surface area contributed by atoms with Gasteiger partial charge in [-0.15, -0.1) is 0 Å². The number of Topliss-reactive ketones (excluding diaryl/α,β-unsaturated/α-hetero) is 1. The molecule has 2 N–H and O–H groups in total. The van der Waals surface area contributed by atoms with E-state index >= 15 is 0 Å². The highest BCUT2D eigenvalue weighted by atomic mass is 16.5. The summed E-state index contributed by atoms with van der Waals surface area (Å²) in [5.74, 6) is 0.224. The van der Waals surface area contributed by atoms with Gasteiger partial charge in [-0.05, 0) is 32.8 Å². The Kier molecular flexibility index (Phi) is 4.04. The predicted octanol–water partition coefficient (Wildman–Crippen LogP) is 1.60. The molecule has 0 spiro atoms. The minimum Gasteiger partial charge on any atom is -0.381 e. The molecule has 5 nitrogen and oxygen atoms in total. The average molecular weight is 264 g/mol. The van der Waals surface area contributed by atoms with E-state index in [-0.39, 0.29) is 11.7 Å². The van der Waals surface area contributed by atoms with E-state index in [1.807, 2.05) is 6.92 Å². The third-order valence-corrected chi connectivity index (χ3v) is 3.59. The molecular formula is C14H20N2O3. The molecule has 1 saturated heterocycles. The van der Waals surface area contributed by atoms with Gasteiger partial charge in [-0.2, -0.15) is 0 Å². The van der Waals surface area contributed by atoms with Gasteiger partial charge in [0.15, 0.2) is 5.78 Å². The van der Waals surface area contributed by atoms with Gasteiger partial charge in [0.1, 0.15) is 5.69 Å². The van der Waals surface area contributed by atoms with Crippen molar-refractivity contribution in [2.24, 2.45) is 5.92 Å². The zero-order valence-electron chi connectivity index (χ0n) is 11.6. The first-order valence-electron chi connectivity index (χ1n) is 6.56. The minimum atomic E-state index is -0.153. The molecule has 1 aliphatic rings. The standard InChI is InChI=1S/C14H20N2O3/c1-8-12(10(3)17)9(2)16-13(8)14(18)15-6-11-4-5-19-7-11/h11,16H,4-7H2,1-3H3,(H,15,18)/t11-/m1/s1. The van der Waals surface area contributed by atoms with Gasteiger partial charge >= 0.3 is 0 Å². The number of nitrogens with one attached hydrogen (secondary N) is 2. The van der Waals surface area contributed by atoms with Crippen LogP contribution in [0.2, 0.25) is 0 Å². The van der Waals surface area contributed by atoms with Crippen LogP contribution in [-0.4, -0.2) is 36.4 Å². The number of amides is 1. The molecule has 1 fully saturated rings. The molecule has 104 valence electrons. The molecule has 1 aliphatic heterocycles. The van der Waals surface area contributed by atoms with Crippen molar-refractivity contribution >= 4 is 11.7 Å². The highest BCUT2D eigenvalue weighted by molar-refractivity contribution is 6.02. The quantitative estimate of drug-likeness (QED) is 0.811. The van der Waals surface area contributed by atoms with E-state index < -0.39 is 0 Å². The lowest BCUT2D eigenvalue weighted by molar-refractivity contribution is 0.0939. The fraction of sp³-hybridized carbons (Fsp3) is 0.571. The van der Waals surface area contributed by atoms with Crippen LogP contribution in [0.15, 0.2) is 0 Å². The molecule has 1 atom stereocenters. The molecule has 0 radical (unpaired) electrons. The average Bonchev–Trinajstić information content (AvgIpc) is 2.94. The molecular weight excluding hydrogens is 244 g/mol. The number of ketones is 1. The second-order valence-corrected chi connectivity index (χ2v) is 5.12. The number of aryl methyl sites for hydroxylation is 1. The van der Waals surface area contributed by atoms with Crippen molar-refractivity contribution in [3.63, 3.8) is 0 Å². The number of carbonyl (C=O) groups is 2. The van der Waals surface area contributed by atoms with Crippen molar-refractivity contribution in [1.82, 2.24) is 10.3 Å². The molecule has 0 aliphatic carbocycles. The molecule has 1 amide bonds. The Morgan fingerprint density at radius 2 is 2.16 bits per heavy atom. The summed E-state index contributed by atoms with van der Waals surface area (Å²) in [5.41, 5.74) is 2.58. The molecule has 19 heavy (non-hydrogen) atoms. The maximum absolute atomic E-state index is 12.1. The van der Waals surface area contributed by atoms with Crippen molar-refractivity contribution < 1.29 is 14.3 Å². The Labute approximate surface area is 112 Å². The Morgan fingerprint density at radius 3 is 2.68 bits per heavy atom. The maximum atomic E-state index is 12.1. The topological polar surface area (TPSA) is 71.2 Å². The number of hydrogen-bond donors (Lipinski definition) is 2. The van der Waals surface area contributed by atoms with Crippen LogP contribution in [-0.2, 0) is 4.74 Å². The highest BCUT2D eigenvalue weighted by Crippen LogP contribution is 2.18. The molecule has 0 saturated carbocycles. The Balaban J connectivity index is 2.06. The smallest absolute Gasteiger partial charge is 0.268 e. The number of aromatic amines is 1. The number of ether oxygens (including phenoxy) is 1. The van der Waals surface area contributed by atoms with Gasteiger partial charge in [-0.1, -0.05) is 0 Å². The summed E-state index contributed by atoms with van der Waals surface area (Å²) in [4.78, 5) is 26.6. The molecule has 0 unspecified atom stereocenters. The summed E-state index contributed by atoms with van der Waals surface area (Å²) in [6.07, 6.45) is 0.988. The highest BCUT2D eigenvalue weighted by Gasteiger charge is 2.21. The zero-order chi connectivity index (χ0) is 14.0. The van der Waals surface area contributed by atoms with Gasteiger partial charge in [0.2, 0.25) is 0 Å². The van der Waals surface area contributed by atoms with E-state index in [0.717, 1.165) is 24.3 Å². The van der Waals surface area contributed by atoms with Gasteiger partial charge in [-0.25, -0.2) is 0 Å². The Morgan fingerprint density at radius 1 is 1.42 bits per heavy atom. The normalized spacial score (nSPS) is 18.6. The van der Waals surface area contributed by atoms with Crippen molar-refractivity contribution in [2.75, 3.05) is 19.8 Å². The Bertz CT molecular complexity index is 499. The first-order chi connectivity index (χ1) is 9.00. The van der Waals surface area contributed by atoms with E-state index in [1.54, 1.807) is 6.92 Å². The number of hydrogen-bond acceptors (Lipinski definition) is 3. The van der Waals surface area contributed by atoms with Crippen LogP contribution in [0.3, 0.4) is 0 Å². The van der Waals surface area contributed by atoms with Crippen molar-refractivity contribution in [2.45, 2.75) is 27.2 Å². The third-order valence-electron chi connectivity index (χ3n) is 3.59. The number of aromatic nitrogens is 1.